The van der Waals surface area contributed by atoms with Gasteiger partial charge in [0, 0.05) is 24.0 Å². The molecule has 0 unspecified atom stereocenters. The Morgan fingerprint density at radius 3 is 2.54 bits per heavy atom. The van der Waals surface area contributed by atoms with Crippen molar-refractivity contribution in [2.45, 2.75) is 4.90 Å². The highest BCUT2D eigenvalue weighted by molar-refractivity contribution is 7.89. The lowest BCUT2D eigenvalue weighted by atomic mass is 10.2. The predicted molar refractivity (Wildman–Crippen MR) is 109 cm³/mol. The number of aliphatic hydroxyl groups is 1. The number of para-hydroxylation sites is 1. The first-order valence-electron chi connectivity index (χ1n) is 8.59. The summed E-state index contributed by atoms with van der Waals surface area (Å²) in [5.41, 5.74) is 1.47. The molecule has 0 radical (unpaired) electrons. The van der Waals surface area contributed by atoms with E-state index in [0.29, 0.717) is 23.9 Å². The first-order chi connectivity index (χ1) is 13.5. The van der Waals surface area contributed by atoms with E-state index in [9.17, 15) is 13.5 Å². The van der Waals surface area contributed by atoms with E-state index in [-0.39, 0.29) is 11.5 Å². The van der Waals surface area contributed by atoms with Crippen LogP contribution in [0, 0.1) is 0 Å². The summed E-state index contributed by atoms with van der Waals surface area (Å²) in [5, 5.41) is 12.5. The Morgan fingerprint density at radius 2 is 1.82 bits per heavy atom. The summed E-state index contributed by atoms with van der Waals surface area (Å²) >= 11 is 0. The zero-order valence-electron chi connectivity index (χ0n) is 15.3. The molecule has 3 aromatic rings. The standard InChI is InChI=1S/C19H21N5O3S/c1-20-28(26,27)17-9-5-6-15(12-17)23-18-13-19(22-14-21-18)24(10-11-25)16-7-3-2-4-8-16/h2-9,12-14,20,25H,10-11H2,1H3,(H,21,22,23). The van der Waals surface area contributed by atoms with Crippen LogP contribution < -0.4 is 14.9 Å². The maximum Gasteiger partial charge on any atom is 0.240 e. The van der Waals surface area contributed by atoms with Crippen molar-refractivity contribution in [3.05, 3.63) is 67.0 Å². The fourth-order valence-electron chi connectivity index (χ4n) is 2.65. The van der Waals surface area contributed by atoms with Crippen molar-refractivity contribution in [2.75, 3.05) is 30.4 Å². The second-order valence-corrected chi connectivity index (χ2v) is 7.72. The normalized spacial score (nSPS) is 11.2. The Balaban J connectivity index is 1.88. The Bertz CT molecular complexity index is 1030. The molecule has 1 heterocycles. The van der Waals surface area contributed by atoms with Gasteiger partial charge < -0.3 is 15.3 Å². The molecule has 0 atom stereocenters. The van der Waals surface area contributed by atoms with Gasteiger partial charge >= 0.3 is 0 Å². The van der Waals surface area contributed by atoms with Crippen LogP contribution in [0.3, 0.4) is 0 Å². The number of rotatable bonds is 8. The molecule has 9 heteroatoms. The van der Waals surface area contributed by atoms with Crippen molar-refractivity contribution in [1.29, 1.82) is 0 Å². The van der Waals surface area contributed by atoms with Crippen molar-refractivity contribution >= 4 is 33.0 Å². The highest BCUT2D eigenvalue weighted by Gasteiger charge is 2.13. The van der Waals surface area contributed by atoms with Crippen molar-refractivity contribution in [2.24, 2.45) is 0 Å². The van der Waals surface area contributed by atoms with E-state index < -0.39 is 10.0 Å². The Kier molecular flexibility index (Phi) is 6.19. The molecule has 0 spiro atoms. The highest BCUT2D eigenvalue weighted by Crippen LogP contribution is 2.25. The van der Waals surface area contributed by atoms with Gasteiger partial charge in [0.2, 0.25) is 10.0 Å². The Labute approximate surface area is 163 Å². The molecule has 0 saturated carbocycles. The average molecular weight is 399 g/mol. The molecule has 0 aliphatic heterocycles. The lowest BCUT2D eigenvalue weighted by molar-refractivity contribution is 0.305. The summed E-state index contributed by atoms with van der Waals surface area (Å²) in [6.07, 6.45) is 1.42. The number of benzene rings is 2. The van der Waals surface area contributed by atoms with Gasteiger partial charge in [0.05, 0.1) is 11.5 Å². The van der Waals surface area contributed by atoms with Crippen LogP contribution in [-0.4, -0.2) is 43.7 Å². The SMILES string of the molecule is CNS(=O)(=O)c1cccc(Nc2cc(N(CCO)c3ccccc3)ncn2)c1. The molecule has 0 saturated heterocycles. The molecule has 3 N–H and O–H groups in total. The number of anilines is 4. The number of hydrogen-bond donors (Lipinski definition) is 3. The van der Waals surface area contributed by atoms with Gasteiger partial charge in [-0.1, -0.05) is 24.3 Å². The fourth-order valence-corrected chi connectivity index (χ4v) is 3.43. The largest absolute Gasteiger partial charge is 0.395 e. The lowest BCUT2D eigenvalue weighted by Crippen LogP contribution is -2.22. The minimum absolute atomic E-state index is 0.0361. The van der Waals surface area contributed by atoms with Gasteiger partial charge in [0.1, 0.15) is 18.0 Å². The zero-order chi connectivity index (χ0) is 20.0. The maximum atomic E-state index is 12.0. The fraction of sp³-hybridized carbons (Fsp3) is 0.158. The molecule has 0 amide bonds. The van der Waals surface area contributed by atoms with Crippen molar-refractivity contribution in [3.63, 3.8) is 0 Å². The number of nitrogens with one attached hydrogen (secondary N) is 2. The van der Waals surface area contributed by atoms with Gasteiger partial charge in [0.25, 0.3) is 0 Å². The van der Waals surface area contributed by atoms with Crippen LogP contribution in [0.25, 0.3) is 0 Å². The van der Waals surface area contributed by atoms with Crippen LogP contribution in [0.1, 0.15) is 0 Å². The maximum absolute atomic E-state index is 12.0. The van der Waals surface area contributed by atoms with Crippen LogP contribution in [0.2, 0.25) is 0 Å². The van der Waals surface area contributed by atoms with Gasteiger partial charge in [-0.05, 0) is 37.4 Å². The molecule has 0 aliphatic carbocycles. The zero-order valence-corrected chi connectivity index (χ0v) is 16.1. The van der Waals surface area contributed by atoms with Gasteiger partial charge in [-0.2, -0.15) is 0 Å². The van der Waals surface area contributed by atoms with E-state index in [2.05, 4.69) is 20.0 Å². The third kappa shape index (κ3) is 4.63. The molecule has 146 valence electrons. The minimum atomic E-state index is -3.54. The molecule has 1 aromatic heterocycles. The van der Waals surface area contributed by atoms with Gasteiger partial charge in [-0.15, -0.1) is 0 Å². The van der Waals surface area contributed by atoms with Gasteiger partial charge in [0.15, 0.2) is 0 Å². The van der Waals surface area contributed by atoms with Crippen LogP contribution in [0.15, 0.2) is 71.9 Å². The van der Waals surface area contributed by atoms with Crippen LogP contribution in [0.4, 0.5) is 23.0 Å². The topological polar surface area (TPSA) is 107 Å². The van der Waals surface area contributed by atoms with E-state index >= 15 is 0 Å². The predicted octanol–water partition coefficient (Wildman–Crippen LogP) is 2.26. The lowest BCUT2D eigenvalue weighted by Gasteiger charge is -2.23. The van der Waals surface area contributed by atoms with E-state index in [1.807, 2.05) is 35.2 Å². The summed E-state index contributed by atoms with van der Waals surface area (Å²) in [7, 11) is -2.17. The second kappa shape index (κ2) is 8.79. The van der Waals surface area contributed by atoms with E-state index in [0.717, 1.165) is 5.69 Å². The highest BCUT2D eigenvalue weighted by atomic mass is 32.2. The third-order valence-corrected chi connectivity index (χ3v) is 5.42. The number of nitrogens with zero attached hydrogens (tertiary/aromatic N) is 3. The van der Waals surface area contributed by atoms with Crippen LogP contribution >= 0.6 is 0 Å². The van der Waals surface area contributed by atoms with Crippen molar-refractivity contribution < 1.29 is 13.5 Å². The average Bonchev–Trinajstić information content (AvgIpc) is 2.73. The molecular weight excluding hydrogens is 378 g/mol. The summed E-state index contributed by atoms with van der Waals surface area (Å²) in [5.74, 6) is 1.11. The molecule has 2 aromatic carbocycles. The van der Waals surface area contributed by atoms with Gasteiger partial charge in [-0.25, -0.2) is 23.1 Å². The molecule has 28 heavy (non-hydrogen) atoms. The number of hydrogen-bond acceptors (Lipinski definition) is 7. The summed E-state index contributed by atoms with van der Waals surface area (Å²) in [6.45, 7) is 0.335. The quantitative estimate of drug-likeness (QED) is 0.533. The molecule has 8 nitrogen and oxygen atoms in total. The Morgan fingerprint density at radius 1 is 1.04 bits per heavy atom. The second-order valence-electron chi connectivity index (χ2n) is 5.83. The van der Waals surface area contributed by atoms with E-state index in [1.54, 1.807) is 18.2 Å². The van der Waals surface area contributed by atoms with E-state index in [1.165, 1.54) is 25.5 Å². The minimum Gasteiger partial charge on any atom is -0.395 e. The molecule has 0 aliphatic rings. The number of aliphatic hydroxyl groups excluding tert-OH is 1. The number of aromatic nitrogens is 2. The number of sulfonamides is 1. The first kappa shape index (κ1) is 19.7. The summed E-state index contributed by atoms with van der Waals surface area (Å²) < 4.78 is 26.3. The van der Waals surface area contributed by atoms with Crippen LogP contribution in [0.5, 0.6) is 0 Å². The van der Waals surface area contributed by atoms with Crippen molar-refractivity contribution in [1.82, 2.24) is 14.7 Å². The first-order valence-corrected chi connectivity index (χ1v) is 10.1. The third-order valence-electron chi connectivity index (χ3n) is 4.01. The summed E-state index contributed by atoms with van der Waals surface area (Å²) in [4.78, 5) is 10.5. The van der Waals surface area contributed by atoms with Gasteiger partial charge in [-0.3, -0.25) is 0 Å². The van der Waals surface area contributed by atoms with Crippen molar-refractivity contribution in [3.8, 4) is 0 Å². The smallest absolute Gasteiger partial charge is 0.240 e. The molecule has 0 fully saturated rings. The molecule has 3 rings (SSSR count). The van der Waals surface area contributed by atoms with E-state index in [4.69, 9.17) is 0 Å². The Hall–Kier alpha value is -3.01. The molecular formula is C19H21N5O3S. The summed E-state index contributed by atoms with van der Waals surface area (Å²) in [6, 6.07) is 17.8. The van der Waals surface area contributed by atoms with Crippen LogP contribution in [-0.2, 0) is 10.0 Å². The molecule has 0 bridgehead atoms. The monoisotopic (exact) mass is 399 g/mol.